The molecule has 0 aromatic heterocycles. The minimum absolute atomic E-state index is 0. The normalized spacial score (nSPS) is 9.10. The number of rotatable bonds is 10. The molecule has 6 heteroatoms. The Hall–Kier alpha value is -1.66. The van der Waals surface area contributed by atoms with E-state index in [0.717, 1.165) is 19.2 Å². The highest BCUT2D eigenvalue weighted by atomic mass is 16.5. The largest absolute Gasteiger partial charge is 0.461 e. The van der Waals surface area contributed by atoms with E-state index in [0.29, 0.717) is 31.9 Å². The average Bonchev–Trinajstić information content (AvgIpc) is 2.48. The zero-order chi connectivity index (χ0) is 16.5. The van der Waals surface area contributed by atoms with Gasteiger partial charge in [-0.1, -0.05) is 27.0 Å². The number of ether oxygens (including phenoxy) is 2. The predicted octanol–water partition coefficient (Wildman–Crippen LogP) is 1.53. The van der Waals surface area contributed by atoms with Crippen molar-refractivity contribution in [1.82, 2.24) is 10.6 Å². The third-order valence-corrected chi connectivity index (χ3v) is 2.05. The van der Waals surface area contributed by atoms with Crippen LogP contribution in [0.3, 0.4) is 0 Å². The van der Waals surface area contributed by atoms with Crippen LogP contribution in [0, 0.1) is 0 Å². The van der Waals surface area contributed by atoms with E-state index in [1.165, 1.54) is 0 Å². The lowest BCUT2D eigenvalue weighted by Gasteiger charge is -2.03. The molecule has 0 aromatic carbocycles. The van der Waals surface area contributed by atoms with Crippen LogP contribution in [0.1, 0.15) is 23.6 Å². The Labute approximate surface area is 130 Å². The summed E-state index contributed by atoms with van der Waals surface area (Å²) in [6, 6.07) is 0. The fraction of sp³-hybridized carbons (Fsp3) is 0.600. The van der Waals surface area contributed by atoms with Crippen molar-refractivity contribution >= 4 is 11.9 Å². The van der Waals surface area contributed by atoms with Gasteiger partial charge in [-0.05, 0) is 20.0 Å². The average molecular weight is 304 g/mol. The number of esters is 2. The molecule has 2 N–H and O–H groups in total. The molecular weight excluding hydrogens is 272 g/mol. The fourth-order valence-corrected chi connectivity index (χ4v) is 0.975. The molecule has 126 valence electrons. The Morgan fingerprint density at radius 1 is 1.10 bits per heavy atom. The van der Waals surface area contributed by atoms with Crippen molar-refractivity contribution in [3.63, 3.8) is 0 Å². The van der Waals surface area contributed by atoms with Gasteiger partial charge in [0.25, 0.3) is 0 Å². The van der Waals surface area contributed by atoms with Gasteiger partial charge in [0.2, 0.25) is 0 Å². The van der Waals surface area contributed by atoms with Crippen LogP contribution in [0.4, 0.5) is 0 Å². The standard InChI is InChI=1S/C8H15NO2.C7H13NO2.2H2/c1-4-9-5-6-11-8(10)7(2)3;1-3-7(9)10-6-5-8-4-2;;/h9H,2,4-6H2,1,3H3;3,8H,1,4-6H2,2H3;2*1H. The van der Waals surface area contributed by atoms with Crippen molar-refractivity contribution in [3.05, 3.63) is 24.8 Å². The highest BCUT2D eigenvalue weighted by Gasteiger charge is 2.00. The molecule has 6 nitrogen and oxygen atoms in total. The summed E-state index contributed by atoms with van der Waals surface area (Å²) in [5, 5.41) is 6.05. The maximum atomic E-state index is 10.8. The van der Waals surface area contributed by atoms with Crippen molar-refractivity contribution < 1.29 is 21.9 Å². The molecule has 0 rings (SSSR count). The molecule has 0 saturated carbocycles. The molecular formula is C15H32N2O4. The summed E-state index contributed by atoms with van der Waals surface area (Å²) in [4.78, 5) is 21.2. The maximum Gasteiger partial charge on any atom is 0.333 e. The van der Waals surface area contributed by atoms with Gasteiger partial charge in [-0.15, -0.1) is 0 Å². The second kappa shape index (κ2) is 16.4. The van der Waals surface area contributed by atoms with Crippen molar-refractivity contribution in [2.75, 3.05) is 39.4 Å². The van der Waals surface area contributed by atoms with Gasteiger partial charge in [-0.3, -0.25) is 0 Å². The molecule has 0 unspecified atom stereocenters. The molecule has 0 spiro atoms. The smallest absolute Gasteiger partial charge is 0.333 e. The Balaban J connectivity index is -0.000000145. The maximum absolute atomic E-state index is 10.8. The summed E-state index contributed by atoms with van der Waals surface area (Å²) >= 11 is 0. The zero-order valence-corrected chi connectivity index (χ0v) is 13.4. The monoisotopic (exact) mass is 304 g/mol. The molecule has 0 aromatic rings. The third kappa shape index (κ3) is 18.3. The second-order valence-electron chi connectivity index (χ2n) is 3.99. The summed E-state index contributed by atoms with van der Waals surface area (Å²) < 4.78 is 9.48. The van der Waals surface area contributed by atoms with E-state index in [1.54, 1.807) is 6.92 Å². The Bertz CT molecular complexity index is 327. The summed E-state index contributed by atoms with van der Waals surface area (Å²) in [6.07, 6.45) is 1.16. The molecule has 0 amide bonds. The molecule has 0 fully saturated rings. The van der Waals surface area contributed by atoms with Crippen molar-refractivity contribution in [3.8, 4) is 0 Å². The lowest BCUT2D eigenvalue weighted by atomic mass is 10.4. The van der Waals surface area contributed by atoms with Gasteiger partial charge in [-0.25, -0.2) is 9.59 Å². The van der Waals surface area contributed by atoms with E-state index in [9.17, 15) is 9.59 Å². The van der Waals surface area contributed by atoms with Crippen LogP contribution < -0.4 is 10.6 Å². The first-order valence-electron chi connectivity index (χ1n) is 7.02. The summed E-state index contributed by atoms with van der Waals surface area (Å²) in [7, 11) is 0. The third-order valence-electron chi connectivity index (χ3n) is 2.05. The minimum atomic E-state index is -0.363. The van der Waals surface area contributed by atoms with Crippen LogP contribution in [-0.2, 0) is 19.1 Å². The molecule has 0 radical (unpaired) electrons. The first-order chi connectivity index (χ1) is 9.99. The fourth-order valence-electron chi connectivity index (χ4n) is 0.975. The highest BCUT2D eigenvalue weighted by molar-refractivity contribution is 5.86. The first kappa shape index (κ1) is 21.6. The number of nitrogens with one attached hydrogen (secondary N) is 2. The van der Waals surface area contributed by atoms with E-state index in [1.807, 2.05) is 13.8 Å². The second-order valence-corrected chi connectivity index (χ2v) is 3.99. The van der Waals surface area contributed by atoms with E-state index in [-0.39, 0.29) is 14.8 Å². The Morgan fingerprint density at radius 2 is 1.57 bits per heavy atom. The van der Waals surface area contributed by atoms with Crippen molar-refractivity contribution in [2.45, 2.75) is 20.8 Å². The Kier molecular flexibility index (Phi) is 16.9. The molecule has 0 heterocycles. The van der Waals surface area contributed by atoms with E-state index in [2.05, 4.69) is 28.5 Å². The summed E-state index contributed by atoms with van der Waals surface area (Å²) in [5.41, 5.74) is 0.446. The molecule has 0 saturated heterocycles. The van der Waals surface area contributed by atoms with E-state index < -0.39 is 0 Å². The van der Waals surface area contributed by atoms with Crippen LogP contribution >= 0.6 is 0 Å². The van der Waals surface area contributed by atoms with E-state index >= 15 is 0 Å². The van der Waals surface area contributed by atoms with Gasteiger partial charge >= 0.3 is 11.9 Å². The first-order valence-corrected chi connectivity index (χ1v) is 7.02. The van der Waals surface area contributed by atoms with Crippen LogP contribution in [0.5, 0.6) is 0 Å². The number of hydrogen-bond acceptors (Lipinski definition) is 6. The quantitative estimate of drug-likeness (QED) is 0.362. The van der Waals surface area contributed by atoms with Crippen LogP contribution in [-0.4, -0.2) is 51.3 Å². The number of hydrogen-bond donors (Lipinski definition) is 2. The van der Waals surface area contributed by atoms with Crippen LogP contribution in [0.25, 0.3) is 0 Å². The van der Waals surface area contributed by atoms with Gasteiger partial charge in [0.1, 0.15) is 13.2 Å². The molecule has 0 bridgehead atoms. The molecule has 0 aliphatic rings. The van der Waals surface area contributed by atoms with Crippen molar-refractivity contribution in [1.29, 1.82) is 0 Å². The Morgan fingerprint density at radius 3 is 1.95 bits per heavy atom. The lowest BCUT2D eigenvalue weighted by molar-refractivity contribution is -0.139. The number of likely N-dealkylation sites (N-methyl/N-ethyl adjacent to an activating group) is 2. The van der Waals surface area contributed by atoms with Crippen LogP contribution in [0.2, 0.25) is 0 Å². The minimum Gasteiger partial charge on any atom is -0.461 e. The van der Waals surface area contributed by atoms with Gasteiger partial charge in [0.15, 0.2) is 0 Å². The lowest BCUT2D eigenvalue weighted by Crippen LogP contribution is -2.20. The molecule has 0 aliphatic carbocycles. The summed E-state index contributed by atoms with van der Waals surface area (Å²) in [6.45, 7) is 16.4. The van der Waals surface area contributed by atoms with E-state index in [4.69, 9.17) is 4.74 Å². The number of carbonyl (C=O) groups is 2. The van der Waals surface area contributed by atoms with Crippen molar-refractivity contribution in [2.24, 2.45) is 0 Å². The predicted molar refractivity (Wildman–Crippen MR) is 88.2 cm³/mol. The highest BCUT2D eigenvalue weighted by Crippen LogP contribution is 1.90. The topological polar surface area (TPSA) is 76.7 Å². The molecule has 0 aliphatic heterocycles. The SMILES string of the molecule is C=C(C)C(=O)OCCNCC.C=CC(=O)OCCNCC.[HH].[HH]. The summed E-state index contributed by atoms with van der Waals surface area (Å²) in [5.74, 6) is -0.680. The van der Waals surface area contributed by atoms with Gasteiger partial charge in [-0.2, -0.15) is 0 Å². The number of carbonyl (C=O) groups excluding carboxylic acids is 2. The van der Waals surface area contributed by atoms with Gasteiger partial charge in [0, 0.05) is 27.6 Å². The van der Waals surface area contributed by atoms with Gasteiger partial charge < -0.3 is 20.1 Å². The van der Waals surface area contributed by atoms with Crippen LogP contribution in [0.15, 0.2) is 24.8 Å². The van der Waals surface area contributed by atoms with Gasteiger partial charge in [0.05, 0.1) is 0 Å². The molecule has 0 atom stereocenters. The zero-order valence-electron chi connectivity index (χ0n) is 13.4. The molecule has 21 heavy (non-hydrogen) atoms.